The quantitative estimate of drug-likeness (QED) is 0.807. The van der Waals surface area contributed by atoms with E-state index in [9.17, 15) is 4.79 Å². The number of nitrogens with zero attached hydrogens (tertiary/aromatic N) is 2. The fraction of sp³-hybridized carbons (Fsp3) is 0.938. The van der Waals surface area contributed by atoms with Crippen molar-refractivity contribution >= 4 is 5.91 Å². The van der Waals surface area contributed by atoms with Gasteiger partial charge in [0.2, 0.25) is 5.91 Å². The summed E-state index contributed by atoms with van der Waals surface area (Å²) in [4.78, 5) is 17.0. The van der Waals surface area contributed by atoms with Gasteiger partial charge in [-0.25, -0.2) is 0 Å². The summed E-state index contributed by atoms with van der Waals surface area (Å²) < 4.78 is 0. The molecule has 1 heterocycles. The molecule has 1 saturated heterocycles. The summed E-state index contributed by atoms with van der Waals surface area (Å²) in [5.74, 6) is 0.310. The molecule has 1 aliphatic carbocycles. The molecule has 116 valence electrons. The van der Waals surface area contributed by atoms with Crippen molar-refractivity contribution in [3.63, 3.8) is 0 Å². The predicted molar refractivity (Wildman–Crippen MR) is 82.8 cm³/mol. The van der Waals surface area contributed by atoms with Gasteiger partial charge in [0.25, 0.3) is 0 Å². The van der Waals surface area contributed by atoms with Gasteiger partial charge in [0.05, 0.1) is 6.04 Å². The van der Waals surface area contributed by atoms with Gasteiger partial charge in [-0.05, 0) is 32.7 Å². The molecule has 4 nitrogen and oxygen atoms in total. The maximum Gasteiger partial charge on any atom is 0.239 e. The van der Waals surface area contributed by atoms with Crippen molar-refractivity contribution in [2.24, 2.45) is 0 Å². The topological polar surface area (TPSA) is 35.6 Å². The van der Waals surface area contributed by atoms with E-state index in [4.69, 9.17) is 0 Å². The number of hydrogen-bond acceptors (Lipinski definition) is 3. The highest BCUT2D eigenvalue weighted by atomic mass is 16.2. The molecular weight excluding hydrogens is 250 g/mol. The van der Waals surface area contributed by atoms with Gasteiger partial charge in [-0.3, -0.25) is 4.79 Å². The van der Waals surface area contributed by atoms with Crippen LogP contribution < -0.4 is 5.32 Å². The Bertz CT molecular complexity index is 313. The van der Waals surface area contributed by atoms with Gasteiger partial charge >= 0.3 is 0 Å². The van der Waals surface area contributed by atoms with Crippen LogP contribution in [0.1, 0.15) is 52.4 Å². The molecule has 0 aromatic heterocycles. The van der Waals surface area contributed by atoms with Gasteiger partial charge in [-0.2, -0.15) is 0 Å². The molecule has 2 rings (SSSR count). The summed E-state index contributed by atoms with van der Waals surface area (Å²) in [5.41, 5.74) is 0. The zero-order valence-electron chi connectivity index (χ0n) is 13.4. The number of hydrogen-bond donors (Lipinski definition) is 1. The molecule has 1 atom stereocenters. The van der Waals surface area contributed by atoms with E-state index < -0.39 is 0 Å². The van der Waals surface area contributed by atoms with Gasteiger partial charge in [-0.1, -0.05) is 26.7 Å². The Morgan fingerprint density at radius 2 is 1.95 bits per heavy atom. The van der Waals surface area contributed by atoms with Gasteiger partial charge in [-0.15, -0.1) is 0 Å². The fourth-order valence-electron chi connectivity index (χ4n) is 3.53. The maximum atomic E-state index is 12.4. The number of carbonyl (C=O) groups is 1. The molecule has 2 fully saturated rings. The van der Waals surface area contributed by atoms with Crippen molar-refractivity contribution in [2.75, 3.05) is 26.7 Å². The Hall–Kier alpha value is -0.610. The van der Waals surface area contributed by atoms with Gasteiger partial charge < -0.3 is 15.1 Å². The molecule has 0 bridgehead atoms. The van der Waals surface area contributed by atoms with E-state index in [1.807, 2.05) is 0 Å². The van der Waals surface area contributed by atoms with Gasteiger partial charge in [0.1, 0.15) is 0 Å². The lowest BCUT2D eigenvalue weighted by Gasteiger charge is -2.35. The van der Waals surface area contributed by atoms with Crippen molar-refractivity contribution in [2.45, 2.75) is 70.5 Å². The third kappa shape index (κ3) is 4.19. The first-order chi connectivity index (χ1) is 9.58. The number of amides is 1. The molecule has 1 amide bonds. The van der Waals surface area contributed by atoms with Crippen LogP contribution >= 0.6 is 0 Å². The highest BCUT2D eigenvalue weighted by Crippen LogP contribution is 2.22. The lowest BCUT2D eigenvalue weighted by molar-refractivity contribution is -0.136. The zero-order chi connectivity index (χ0) is 14.5. The van der Waals surface area contributed by atoms with Crippen molar-refractivity contribution in [1.82, 2.24) is 15.1 Å². The molecule has 20 heavy (non-hydrogen) atoms. The number of nitrogens with one attached hydrogen (secondary N) is 1. The second-order valence-corrected chi connectivity index (χ2v) is 6.76. The van der Waals surface area contributed by atoms with Crippen LogP contribution in [-0.4, -0.2) is 60.5 Å². The second kappa shape index (κ2) is 7.41. The van der Waals surface area contributed by atoms with E-state index >= 15 is 0 Å². The average molecular weight is 281 g/mol. The van der Waals surface area contributed by atoms with E-state index in [1.165, 1.54) is 25.7 Å². The van der Waals surface area contributed by atoms with Crippen molar-refractivity contribution in [3.8, 4) is 0 Å². The van der Waals surface area contributed by atoms with Crippen LogP contribution in [0.15, 0.2) is 0 Å². The number of likely N-dealkylation sites (tertiary alicyclic amines) is 1. The van der Waals surface area contributed by atoms with Crippen LogP contribution in [0, 0.1) is 0 Å². The minimum absolute atomic E-state index is 0.0422. The molecule has 2 aliphatic rings. The molecule has 4 heteroatoms. The lowest BCUT2D eigenvalue weighted by atomic mass is 10.0. The summed E-state index contributed by atoms with van der Waals surface area (Å²) in [5, 5.41) is 3.40. The van der Waals surface area contributed by atoms with E-state index in [2.05, 4.69) is 36.0 Å². The van der Waals surface area contributed by atoms with Crippen LogP contribution in [0.5, 0.6) is 0 Å². The monoisotopic (exact) mass is 281 g/mol. The Labute approximate surface area is 123 Å². The molecule has 0 aromatic rings. The van der Waals surface area contributed by atoms with Crippen LogP contribution in [0.25, 0.3) is 0 Å². The first kappa shape index (κ1) is 15.8. The predicted octanol–water partition coefficient (Wildman–Crippen LogP) is 1.85. The van der Waals surface area contributed by atoms with Crippen LogP contribution in [0.3, 0.4) is 0 Å². The van der Waals surface area contributed by atoms with E-state index in [0.29, 0.717) is 11.9 Å². The van der Waals surface area contributed by atoms with Crippen molar-refractivity contribution in [1.29, 1.82) is 0 Å². The SMILES string of the molecule is CC(C)NC1CCCN(CCN(C)C2CCCC2)C1=O. The van der Waals surface area contributed by atoms with E-state index in [-0.39, 0.29) is 6.04 Å². The number of piperidine rings is 1. The van der Waals surface area contributed by atoms with Crippen molar-refractivity contribution in [3.05, 3.63) is 0 Å². The lowest BCUT2D eigenvalue weighted by Crippen LogP contribution is -2.53. The highest BCUT2D eigenvalue weighted by Gasteiger charge is 2.29. The third-order valence-corrected chi connectivity index (χ3v) is 4.74. The minimum Gasteiger partial charge on any atom is -0.340 e. The summed E-state index contributed by atoms with van der Waals surface area (Å²) in [6.45, 7) is 7.07. The second-order valence-electron chi connectivity index (χ2n) is 6.76. The fourth-order valence-corrected chi connectivity index (χ4v) is 3.53. The molecular formula is C16H31N3O. The zero-order valence-corrected chi connectivity index (χ0v) is 13.4. The smallest absolute Gasteiger partial charge is 0.239 e. The van der Waals surface area contributed by atoms with Gasteiger partial charge in [0, 0.05) is 31.7 Å². The Morgan fingerprint density at radius 1 is 1.25 bits per heavy atom. The minimum atomic E-state index is 0.0422. The summed E-state index contributed by atoms with van der Waals surface area (Å²) in [6, 6.07) is 1.17. The molecule has 0 aromatic carbocycles. The molecule has 0 spiro atoms. The molecule has 1 unspecified atom stereocenters. The number of carbonyl (C=O) groups excluding carboxylic acids is 1. The summed E-state index contributed by atoms with van der Waals surface area (Å²) >= 11 is 0. The van der Waals surface area contributed by atoms with Crippen LogP contribution in [0.2, 0.25) is 0 Å². The number of rotatable bonds is 6. The average Bonchev–Trinajstić information content (AvgIpc) is 2.93. The Kier molecular flexibility index (Phi) is 5.85. The van der Waals surface area contributed by atoms with Crippen LogP contribution in [-0.2, 0) is 4.79 Å². The first-order valence-corrected chi connectivity index (χ1v) is 8.33. The largest absolute Gasteiger partial charge is 0.340 e. The van der Waals surface area contributed by atoms with E-state index in [1.54, 1.807) is 0 Å². The first-order valence-electron chi connectivity index (χ1n) is 8.33. The molecule has 1 aliphatic heterocycles. The van der Waals surface area contributed by atoms with Gasteiger partial charge in [0.15, 0.2) is 0 Å². The summed E-state index contributed by atoms with van der Waals surface area (Å²) in [7, 11) is 2.22. The highest BCUT2D eigenvalue weighted by molar-refractivity contribution is 5.82. The maximum absolute atomic E-state index is 12.4. The molecule has 1 saturated carbocycles. The molecule has 0 radical (unpaired) electrons. The Balaban J connectivity index is 1.77. The van der Waals surface area contributed by atoms with E-state index in [0.717, 1.165) is 38.5 Å². The standard InChI is InChI=1S/C16H31N3O/c1-13(2)17-15-9-6-10-19(16(15)20)12-11-18(3)14-7-4-5-8-14/h13-15,17H,4-12H2,1-3H3. The third-order valence-electron chi connectivity index (χ3n) is 4.74. The van der Waals surface area contributed by atoms with Crippen molar-refractivity contribution < 1.29 is 4.79 Å². The normalized spacial score (nSPS) is 25.1. The number of likely N-dealkylation sites (N-methyl/N-ethyl adjacent to an activating group) is 1. The van der Waals surface area contributed by atoms with Crippen LogP contribution in [0.4, 0.5) is 0 Å². The molecule has 1 N–H and O–H groups in total. The summed E-state index contributed by atoms with van der Waals surface area (Å²) in [6.07, 6.45) is 7.54. The Morgan fingerprint density at radius 3 is 2.60 bits per heavy atom.